The van der Waals surface area contributed by atoms with Gasteiger partial charge in [0.25, 0.3) is 0 Å². The normalized spacial score (nSPS) is 13.0. The molecule has 1 aromatic rings. The van der Waals surface area contributed by atoms with E-state index < -0.39 is 23.9 Å². The molecule has 5 nitrogen and oxygen atoms in total. The van der Waals surface area contributed by atoms with E-state index >= 15 is 0 Å². The summed E-state index contributed by atoms with van der Waals surface area (Å²) in [5.74, 6) is 0.331. The second-order valence-electron chi connectivity index (χ2n) is 5.95. The third-order valence-corrected chi connectivity index (χ3v) is 3.07. The molecule has 0 saturated carbocycles. The second-order valence-corrected chi connectivity index (χ2v) is 5.95. The van der Waals surface area contributed by atoms with Crippen molar-refractivity contribution in [2.75, 3.05) is 25.1 Å². The average molecular weight is 348 g/mol. The van der Waals surface area contributed by atoms with Crippen LogP contribution >= 0.6 is 0 Å². The van der Waals surface area contributed by atoms with Gasteiger partial charge in [0.05, 0.1) is 18.3 Å². The predicted octanol–water partition coefficient (Wildman–Crippen LogP) is 3.17. The fourth-order valence-electron chi connectivity index (χ4n) is 1.81. The summed E-state index contributed by atoms with van der Waals surface area (Å²) in [6, 6.07) is 2.42. The van der Waals surface area contributed by atoms with Gasteiger partial charge in [-0.3, -0.25) is 0 Å². The highest BCUT2D eigenvalue weighted by molar-refractivity contribution is 5.90. The van der Waals surface area contributed by atoms with Crippen LogP contribution in [0.5, 0.6) is 0 Å². The zero-order chi connectivity index (χ0) is 18.3. The summed E-state index contributed by atoms with van der Waals surface area (Å²) in [4.78, 5) is 11.8. The van der Waals surface area contributed by atoms with E-state index in [-0.39, 0.29) is 18.8 Å². The number of ether oxygens (including phenoxy) is 1. The van der Waals surface area contributed by atoms with Gasteiger partial charge in [0.2, 0.25) is 0 Å². The predicted molar refractivity (Wildman–Crippen MR) is 84.9 cm³/mol. The molecule has 0 spiro atoms. The molecule has 0 saturated heterocycles. The molecule has 1 unspecified atom stereocenters. The zero-order valence-electron chi connectivity index (χ0n) is 13.9. The van der Waals surface area contributed by atoms with Crippen LogP contribution in [0.15, 0.2) is 18.2 Å². The minimum atomic E-state index is -4.48. The number of benzene rings is 1. The number of alkyl halides is 3. The van der Waals surface area contributed by atoms with Crippen LogP contribution in [-0.2, 0) is 10.9 Å². The molecule has 24 heavy (non-hydrogen) atoms. The Morgan fingerprint density at radius 3 is 2.54 bits per heavy atom. The number of aliphatic hydroxyl groups excluding tert-OH is 1. The van der Waals surface area contributed by atoms with E-state index in [1.807, 2.05) is 13.8 Å². The number of hydrogen-bond acceptors (Lipinski definition) is 3. The SMILES string of the molecule is Cc1ccc(C(F)(F)F)cc1NC(=O)NCC(O)COCC(C)C. The molecule has 8 heteroatoms. The van der Waals surface area contributed by atoms with Crippen LogP contribution in [0.2, 0.25) is 0 Å². The Hall–Kier alpha value is -1.80. The number of aryl methyl sites for hydroxylation is 1. The van der Waals surface area contributed by atoms with Crippen molar-refractivity contribution in [3.05, 3.63) is 29.3 Å². The van der Waals surface area contributed by atoms with Crippen molar-refractivity contribution in [3.8, 4) is 0 Å². The third-order valence-electron chi connectivity index (χ3n) is 3.07. The highest BCUT2D eigenvalue weighted by Crippen LogP contribution is 2.31. The van der Waals surface area contributed by atoms with Gasteiger partial charge in [0.1, 0.15) is 0 Å². The van der Waals surface area contributed by atoms with Crippen molar-refractivity contribution in [1.29, 1.82) is 0 Å². The van der Waals surface area contributed by atoms with Crippen molar-refractivity contribution in [1.82, 2.24) is 5.32 Å². The lowest BCUT2D eigenvalue weighted by Crippen LogP contribution is -2.37. The van der Waals surface area contributed by atoms with E-state index in [1.54, 1.807) is 6.92 Å². The topological polar surface area (TPSA) is 70.6 Å². The molecule has 0 aliphatic rings. The number of carbonyl (C=O) groups excluding carboxylic acids is 1. The Balaban J connectivity index is 2.50. The molecule has 0 radical (unpaired) electrons. The monoisotopic (exact) mass is 348 g/mol. The van der Waals surface area contributed by atoms with Crippen LogP contribution in [0.4, 0.5) is 23.7 Å². The summed E-state index contributed by atoms with van der Waals surface area (Å²) < 4.78 is 43.3. The number of nitrogens with one attached hydrogen (secondary N) is 2. The van der Waals surface area contributed by atoms with E-state index in [4.69, 9.17) is 4.74 Å². The van der Waals surface area contributed by atoms with E-state index in [0.29, 0.717) is 18.1 Å². The number of halogens is 3. The Kier molecular flexibility index (Phi) is 7.50. The molecular formula is C16H23F3N2O3. The first-order valence-corrected chi connectivity index (χ1v) is 7.58. The number of aliphatic hydroxyl groups is 1. The number of anilines is 1. The van der Waals surface area contributed by atoms with Crippen molar-refractivity contribution < 1.29 is 27.8 Å². The molecule has 1 rings (SSSR count). The average Bonchev–Trinajstić information content (AvgIpc) is 2.46. The molecule has 0 aromatic heterocycles. The van der Waals surface area contributed by atoms with Crippen LogP contribution in [0, 0.1) is 12.8 Å². The molecule has 136 valence electrons. The Morgan fingerprint density at radius 2 is 1.96 bits per heavy atom. The first-order chi connectivity index (χ1) is 11.1. The lowest BCUT2D eigenvalue weighted by atomic mass is 10.1. The van der Waals surface area contributed by atoms with Crippen molar-refractivity contribution in [2.45, 2.75) is 33.1 Å². The van der Waals surface area contributed by atoms with Gasteiger partial charge in [-0.05, 0) is 30.5 Å². The molecule has 1 atom stereocenters. The lowest BCUT2D eigenvalue weighted by Gasteiger charge is -2.15. The van der Waals surface area contributed by atoms with Gasteiger partial charge in [0, 0.05) is 18.8 Å². The maximum atomic E-state index is 12.7. The molecule has 0 aliphatic carbocycles. The minimum absolute atomic E-state index is 0.0628. The van der Waals surface area contributed by atoms with Crippen LogP contribution in [-0.4, -0.2) is 37.0 Å². The van der Waals surface area contributed by atoms with Gasteiger partial charge >= 0.3 is 12.2 Å². The molecule has 0 fully saturated rings. The van der Waals surface area contributed by atoms with Crippen molar-refractivity contribution in [2.24, 2.45) is 5.92 Å². The number of amides is 2. The quantitative estimate of drug-likeness (QED) is 0.709. The third kappa shape index (κ3) is 7.18. The van der Waals surface area contributed by atoms with E-state index in [2.05, 4.69) is 10.6 Å². The van der Waals surface area contributed by atoms with Gasteiger partial charge in [-0.2, -0.15) is 13.2 Å². The van der Waals surface area contributed by atoms with Crippen LogP contribution in [0.1, 0.15) is 25.0 Å². The van der Waals surface area contributed by atoms with Gasteiger partial charge < -0.3 is 20.5 Å². The maximum absolute atomic E-state index is 12.7. The largest absolute Gasteiger partial charge is 0.416 e. The number of hydrogen-bond donors (Lipinski definition) is 3. The number of urea groups is 1. The molecule has 2 amide bonds. The van der Waals surface area contributed by atoms with Crippen LogP contribution in [0.25, 0.3) is 0 Å². The first kappa shape index (κ1) is 20.2. The minimum Gasteiger partial charge on any atom is -0.389 e. The van der Waals surface area contributed by atoms with E-state index in [1.165, 1.54) is 6.07 Å². The Bertz CT molecular complexity index is 548. The van der Waals surface area contributed by atoms with Gasteiger partial charge in [-0.25, -0.2) is 4.79 Å². The fraction of sp³-hybridized carbons (Fsp3) is 0.562. The van der Waals surface area contributed by atoms with Gasteiger partial charge in [0.15, 0.2) is 0 Å². The summed E-state index contributed by atoms with van der Waals surface area (Å²) >= 11 is 0. The summed E-state index contributed by atoms with van der Waals surface area (Å²) in [5, 5.41) is 14.4. The molecule has 0 heterocycles. The van der Waals surface area contributed by atoms with E-state index in [9.17, 15) is 23.1 Å². The molecule has 3 N–H and O–H groups in total. The maximum Gasteiger partial charge on any atom is 0.416 e. The van der Waals surface area contributed by atoms with Crippen LogP contribution < -0.4 is 10.6 Å². The standard InChI is InChI=1S/C16H23F3N2O3/c1-10(2)8-24-9-13(22)7-20-15(23)21-14-6-12(16(17,18)19)5-4-11(14)3/h4-6,10,13,22H,7-9H2,1-3H3,(H2,20,21,23). The fourth-order valence-corrected chi connectivity index (χ4v) is 1.81. The van der Waals surface area contributed by atoms with Gasteiger partial charge in [-0.1, -0.05) is 19.9 Å². The summed E-state index contributed by atoms with van der Waals surface area (Å²) in [6.07, 6.45) is -5.37. The van der Waals surface area contributed by atoms with E-state index in [0.717, 1.165) is 12.1 Å². The summed E-state index contributed by atoms with van der Waals surface area (Å²) in [6.45, 7) is 6.02. The smallest absolute Gasteiger partial charge is 0.389 e. The highest BCUT2D eigenvalue weighted by atomic mass is 19.4. The molecule has 0 bridgehead atoms. The van der Waals surface area contributed by atoms with Crippen molar-refractivity contribution in [3.63, 3.8) is 0 Å². The van der Waals surface area contributed by atoms with Crippen molar-refractivity contribution >= 4 is 11.7 Å². The second kappa shape index (κ2) is 8.89. The van der Waals surface area contributed by atoms with Gasteiger partial charge in [-0.15, -0.1) is 0 Å². The molecule has 0 aliphatic heterocycles. The molecular weight excluding hydrogens is 325 g/mol. The number of carbonyl (C=O) groups is 1. The first-order valence-electron chi connectivity index (χ1n) is 7.58. The number of rotatable bonds is 7. The summed E-state index contributed by atoms with van der Waals surface area (Å²) in [7, 11) is 0. The molecule has 1 aromatic carbocycles. The van der Waals surface area contributed by atoms with Crippen LogP contribution in [0.3, 0.4) is 0 Å². The zero-order valence-corrected chi connectivity index (χ0v) is 13.9. The Labute approximate surface area is 139 Å². The highest BCUT2D eigenvalue weighted by Gasteiger charge is 2.30. The lowest BCUT2D eigenvalue weighted by molar-refractivity contribution is -0.137. The Morgan fingerprint density at radius 1 is 1.29 bits per heavy atom. The summed E-state index contributed by atoms with van der Waals surface area (Å²) in [5.41, 5.74) is -0.280.